The molecule has 2 N–H and O–H groups in total. The molecule has 0 spiro atoms. The van der Waals surface area contributed by atoms with Gasteiger partial charge in [-0.05, 0) is 48.9 Å². The van der Waals surface area contributed by atoms with Crippen LogP contribution >= 0.6 is 0 Å². The van der Waals surface area contributed by atoms with E-state index < -0.39 is 11.6 Å². The van der Waals surface area contributed by atoms with Crippen molar-refractivity contribution in [1.82, 2.24) is 4.90 Å². The molecule has 2 aromatic carbocycles. The van der Waals surface area contributed by atoms with Gasteiger partial charge < -0.3 is 19.8 Å². The predicted octanol–water partition coefficient (Wildman–Crippen LogP) is 2.94. The van der Waals surface area contributed by atoms with Crippen molar-refractivity contribution in [2.75, 3.05) is 20.2 Å². The first-order valence-electron chi connectivity index (χ1n) is 9.92. The number of likely N-dealkylation sites (tertiary alicyclic amines) is 1. The smallest absolute Gasteiger partial charge is 0.338 e. The Morgan fingerprint density at radius 1 is 1.10 bits per heavy atom. The highest BCUT2D eigenvalue weighted by Gasteiger charge is 2.50. The first-order chi connectivity index (χ1) is 13.9. The molecule has 0 unspecified atom stereocenters. The van der Waals surface area contributed by atoms with Crippen molar-refractivity contribution >= 4 is 11.9 Å². The summed E-state index contributed by atoms with van der Waals surface area (Å²) >= 11 is 0. The number of hydrogen-bond donors (Lipinski definition) is 2. The third-order valence-corrected chi connectivity index (χ3v) is 6.33. The molecule has 1 saturated heterocycles. The van der Waals surface area contributed by atoms with Gasteiger partial charge >= 0.3 is 5.97 Å². The lowest BCUT2D eigenvalue weighted by atomic mass is 9.67. The zero-order chi connectivity index (χ0) is 20.6. The Bertz CT molecular complexity index is 928. The van der Waals surface area contributed by atoms with E-state index in [9.17, 15) is 19.8 Å². The van der Waals surface area contributed by atoms with Crippen molar-refractivity contribution in [2.24, 2.45) is 11.8 Å². The van der Waals surface area contributed by atoms with Crippen LogP contribution in [0.1, 0.15) is 45.5 Å². The van der Waals surface area contributed by atoms with Crippen molar-refractivity contribution in [3.05, 3.63) is 65.2 Å². The van der Waals surface area contributed by atoms with Crippen molar-refractivity contribution in [1.29, 1.82) is 0 Å². The first-order valence-corrected chi connectivity index (χ1v) is 9.92. The number of carbonyl (C=O) groups excluding carboxylic acids is 2. The summed E-state index contributed by atoms with van der Waals surface area (Å²) in [5.41, 5.74) is 0.324. The summed E-state index contributed by atoms with van der Waals surface area (Å²) in [7, 11) is 1.25. The monoisotopic (exact) mass is 395 g/mol. The van der Waals surface area contributed by atoms with Crippen molar-refractivity contribution in [2.45, 2.75) is 24.9 Å². The maximum absolute atomic E-state index is 13.1. The Morgan fingerprint density at radius 2 is 1.83 bits per heavy atom. The normalized spacial score (nSPS) is 26.1. The number of nitrogens with zero attached hydrogens (tertiary/aromatic N) is 1. The molecule has 3 atom stereocenters. The zero-order valence-electron chi connectivity index (χ0n) is 16.4. The number of hydrogen-bond acceptors (Lipinski definition) is 5. The number of rotatable bonds is 3. The average Bonchev–Trinajstić information content (AvgIpc) is 3.19. The van der Waals surface area contributed by atoms with Gasteiger partial charge in [0.25, 0.3) is 5.91 Å². The van der Waals surface area contributed by atoms with Crippen LogP contribution < -0.4 is 0 Å². The van der Waals surface area contributed by atoms with E-state index in [0.29, 0.717) is 19.5 Å². The zero-order valence-corrected chi connectivity index (χ0v) is 16.4. The molecule has 6 heteroatoms. The van der Waals surface area contributed by atoms with Crippen LogP contribution in [0.4, 0.5) is 0 Å². The van der Waals surface area contributed by atoms with E-state index in [1.807, 2.05) is 30.3 Å². The van der Waals surface area contributed by atoms with Crippen LogP contribution in [-0.4, -0.2) is 47.2 Å². The molecule has 4 rings (SSSR count). The van der Waals surface area contributed by atoms with Crippen molar-refractivity contribution in [3.8, 4) is 5.75 Å². The average molecular weight is 395 g/mol. The van der Waals surface area contributed by atoms with E-state index in [0.717, 1.165) is 18.4 Å². The molecule has 1 saturated carbocycles. The van der Waals surface area contributed by atoms with Crippen LogP contribution in [0.5, 0.6) is 5.75 Å². The highest BCUT2D eigenvalue weighted by atomic mass is 16.5. The number of amides is 1. The van der Waals surface area contributed by atoms with Crippen LogP contribution in [0, 0.1) is 11.8 Å². The van der Waals surface area contributed by atoms with Gasteiger partial charge in [0.2, 0.25) is 0 Å². The number of ether oxygens (including phenoxy) is 1. The largest absolute Gasteiger partial charge is 0.508 e. The van der Waals surface area contributed by atoms with Gasteiger partial charge in [0.1, 0.15) is 5.75 Å². The van der Waals surface area contributed by atoms with E-state index in [1.165, 1.54) is 25.3 Å². The van der Waals surface area contributed by atoms with Gasteiger partial charge in [0.05, 0.1) is 18.3 Å². The molecular weight excluding hydrogens is 370 g/mol. The van der Waals surface area contributed by atoms with E-state index in [2.05, 4.69) is 0 Å². The van der Waals surface area contributed by atoms with Gasteiger partial charge in [-0.25, -0.2) is 4.79 Å². The number of benzene rings is 2. The summed E-state index contributed by atoms with van der Waals surface area (Å²) in [6.45, 7) is 1.000. The molecule has 2 aromatic rings. The van der Waals surface area contributed by atoms with Gasteiger partial charge in [-0.3, -0.25) is 4.79 Å². The molecular formula is C23H25NO5. The number of aromatic hydroxyl groups is 1. The Kier molecular flexibility index (Phi) is 5.04. The molecule has 29 heavy (non-hydrogen) atoms. The third kappa shape index (κ3) is 3.49. The maximum atomic E-state index is 13.1. The fraction of sp³-hybridized carbons (Fsp3) is 0.391. The van der Waals surface area contributed by atoms with Gasteiger partial charge in [0.15, 0.2) is 0 Å². The lowest BCUT2D eigenvalue weighted by Crippen LogP contribution is -2.42. The molecule has 6 nitrogen and oxygen atoms in total. The SMILES string of the molecule is COC(=O)c1cc(O)cc(C(=O)N2C[C@@H]3CCC[C@@](O)(c4ccccc4)[C@@H]3C2)c1. The minimum atomic E-state index is -0.949. The van der Waals surface area contributed by atoms with Crippen LogP contribution in [-0.2, 0) is 10.3 Å². The van der Waals surface area contributed by atoms with Crippen LogP contribution in [0.15, 0.2) is 48.5 Å². The summed E-state index contributed by atoms with van der Waals surface area (Å²) in [6, 6.07) is 13.8. The quantitative estimate of drug-likeness (QED) is 0.781. The summed E-state index contributed by atoms with van der Waals surface area (Å²) in [5.74, 6) is -0.844. The van der Waals surface area contributed by atoms with Gasteiger partial charge in [-0.2, -0.15) is 0 Å². The standard InChI is InChI=1S/C23H25NO5/c1-29-22(27)17-10-16(11-19(25)12-17)21(26)24-13-15-6-5-9-23(28,20(15)14-24)18-7-3-2-4-8-18/h2-4,7-8,10-12,15,20,25,28H,5-6,9,13-14H2,1H3/t15-,20+,23+/m0/s1. The number of phenolic OH excluding ortho intramolecular Hbond substituents is 1. The molecule has 0 radical (unpaired) electrons. The molecule has 1 aliphatic carbocycles. The van der Waals surface area contributed by atoms with E-state index in [-0.39, 0.29) is 34.6 Å². The van der Waals surface area contributed by atoms with Crippen LogP contribution in [0.3, 0.4) is 0 Å². The van der Waals surface area contributed by atoms with E-state index in [4.69, 9.17) is 4.74 Å². The number of esters is 1. The molecule has 1 heterocycles. The Morgan fingerprint density at radius 3 is 2.55 bits per heavy atom. The molecule has 2 fully saturated rings. The Labute approximate surface area is 169 Å². The number of fused-ring (bicyclic) bond motifs is 1. The fourth-order valence-corrected chi connectivity index (χ4v) is 4.93. The van der Waals surface area contributed by atoms with Gasteiger partial charge in [-0.1, -0.05) is 30.3 Å². The van der Waals surface area contributed by atoms with Crippen molar-refractivity contribution < 1.29 is 24.5 Å². The number of carbonyl (C=O) groups is 2. The van der Waals surface area contributed by atoms with Crippen LogP contribution in [0.25, 0.3) is 0 Å². The van der Waals surface area contributed by atoms with Crippen molar-refractivity contribution in [3.63, 3.8) is 0 Å². The van der Waals surface area contributed by atoms with Gasteiger partial charge in [0, 0.05) is 24.6 Å². The van der Waals surface area contributed by atoms with E-state index in [1.54, 1.807) is 4.90 Å². The lowest BCUT2D eigenvalue weighted by Gasteiger charge is -2.41. The summed E-state index contributed by atoms with van der Waals surface area (Å²) in [4.78, 5) is 26.7. The number of aliphatic hydroxyl groups is 1. The fourth-order valence-electron chi connectivity index (χ4n) is 4.93. The molecule has 0 bridgehead atoms. The Balaban J connectivity index is 1.60. The molecule has 1 amide bonds. The number of methoxy groups -OCH3 is 1. The molecule has 152 valence electrons. The van der Waals surface area contributed by atoms with E-state index >= 15 is 0 Å². The highest BCUT2D eigenvalue weighted by molar-refractivity contribution is 5.98. The summed E-state index contributed by atoms with van der Waals surface area (Å²) < 4.78 is 4.70. The Hall–Kier alpha value is -2.86. The second-order valence-corrected chi connectivity index (χ2v) is 8.02. The predicted molar refractivity (Wildman–Crippen MR) is 107 cm³/mol. The minimum Gasteiger partial charge on any atom is -0.508 e. The topological polar surface area (TPSA) is 87.1 Å². The molecule has 2 aliphatic rings. The third-order valence-electron chi connectivity index (χ3n) is 6.33. The highest BCUT2D eigenvalue weighted by Crippen LogP contribution is 2.48. The second kappa shape index (κ2) is 7.52. The molecule has 0 aromatic heterocycles. The summed E-state index contributed by atoms with van der Waals surface area (Å²) in [5, 5.41) is 21.5. The maximum Gasteiger partial charge on any atom is 0.338 e. The number of phenols is 1. The molecule has 1 aliphatic heterocycles. The van der Waals surface area contributed by atoms with Crippen LogP contribution in [0.2, 0.25) is 0 Å². The first kappa shape index (κ1) is 19.5. The summed E-state index contributed by atoms with van der Waals surface area (Å²) in [6.07, 6.45) is 2.56. The van der Waals surface area contributed by atoms with Gasteiger partial charge in [-0.15, -0.1) is 0 Å². The minimum absolute atomic E-state index is 0.0417. The second-order valence-electron chi connectivity index (χ2n) is 8.02. The lowest BCUT2D eigenvalue weighted by molar-refractivity contribution is -0.0644.